The molecule has 0 unspecified atom stereocenters. The number of aromatic nitrogens is 1. The zero-order chi connectivity index (χ0) is 10.1. The van der Waals surface area contributed by atoms with Crippen LogP contribution in [0.1, 0.15) is 5.56 Å². The van der Waals surface area contributed by atoms with Crippen molar-refractivity contribution in [3.05, 3.63) is 40.3 Å². The third kappa shape index (κ3) is 1.27. The first kappa shape index (κ1) is 8.81. The van der Waals surface area contributed by atoms with Crippen LogP contribution in [0, 0.1) is 6.92 Å². The number of pyridine rings is 1. The number of methoxy groups -OCH3 is 1. The Bertz CT molecular complexity index is 528. The van der Waals surface area contributed by atoms with Crippen LogP contribution in [-0.2, 0) is 0 Å². The molecule has 3 nitrogen and oxygen atoms in total. The van der Waals surface area contributed by atoms with Gasteiger partial charge in [-0.25, -0.2) is 0 Å². The predicted octanol–water partition coefficient (Wildman–Crippen LogP) is 1.85. The van der Waals surface area contributed by atoms with Crippen molar-refractivity contribution in [1.82, 2.24) is 4.98 Å². The number of hydrogen-bond donors (Lipinski definition) is 1. The number of benzene rings is 1. The molecule has 0 aliphatic rings. The summed E-state index contributed by atoms with van der Waals surface area (Å²) in [6.07, 6.45) is 1.72. The van der Waals surface area contributed by atoms with Crippen molar-refractivity contribution in [2.45, 2.75) is 6.92 Å². The van der Waals surface area contributed by atoms with E-state index >= 15 is 0 Å². The van der Waals surface area contributed by atoms with E-state index in [4.69, 9.17) is 4.74 Å². The first-order valence-corrected chi connectivity index (χ1v) is 4.38. The minimum atomic E-state index is -0.0792. The highest BCUT2D eigenvalue weighted by Crippen LogP contribution is 2.19. The maximum atomic E-state index is 11.5. The zero-order valence-electron chi connectivity index (χ0n) is 8.13. The van der Waals surface area contributed by atoms with Gasteiger partial charge in [-0.2, -0.15) is 0 Å². The lowest BCUT2D eigenvalue weighted by Crippen LogP contribution is -2.05. The van der Waals surface area contributed by atoms with Crippen molar-refractivity contribution < 1.29 is 4.74 Å². The van der Waals surface area contributed by atoms with E-state index in [2.05, 4.69) is 4.98 Å². The quantitative estimate of drug-likeness (QED) is 0.743. The van der Waals surface area contributed by atoms with Crippen molar-refractivity contribution in [2.75, 3.05) is 7.11 Å². The predicted molar refractivity (Wildman–Crippen MR) is 55.9 cm³/mol. The molecule has 14 heavy (non-hydrogen) atoms. The molecule has 1 heterocycles. The Hall–Kier alpha value is -1.77. The van der Waals surface area contributed by atoms with Gasteiger partial charge < -0.3 is 9.72 Å². The van der Waals surface area contributed by atoms with Crippen LogP contribution < -0.4 is 10.3 Å². The second kappa shape index (κ2) is 3.18. The smallest absolute Gasteiger partial charge is 0.255 e. The highest BCUT2D eigenvalue weighted by molar-refractivity contribution is 5.85. The summed E-state index contributed by atoms with van der Waals surface area (Å²) in [5.74, 6) is 0.702. The van der Waals surface area contributed by atoms with E-state index in [1.165, 1.54) is 0 Å². The summed E-state index contributed by atoms with van der Waals surface area (Å²) >= 11 is 0. The van der Waals surface area contributed by atoms with Gasteiger partial charge in [0.05, 0.1) is 12.5 Å². The number of ether oxygens (including phenoxy) is 1. The van der Waals surface area contributed by atoms with E-state index in [0.29, 0.717) is 11.1 Å². The van der Waals surface area contributed by atoms with Crippen LogP contribution in [-0.4, -0.2) is 12.1 Å². The first-order chi connectivity index (χ1) is 6.72. The monoisotopic (exact) mass is 189 g/mol. The van der Waals surface area contributed by atoms with Crippen LogP contribution in [0.5, 0.6) is 5.75 Å². The van der Waals surface area contributed by atoms with Gasteiger partial charge in [-0.1, -0.05) is 6.07 Å². The van der Waals surface area contributed by atoms with Crippen molar-refractivity contribution in [3.63, 3.8) is 0 Å². The summed E-state index contributed by atoms with van der Waals surface area (Å²) in [6.45, 7) is 1.96. The summed E-state index contributed by atoms with van der Waals surface area (Å²) in [7, 11) is 1.59. The molecule has 1 aromatic heterocycles. The molecule has 1 aromatic carbocycles. The summed E-state index contributed by atoms with van der Waals surface area (Å²) in [5, 5.41) is 1.64. The Morgan fingerprint density at radius 3 is 2.79 bits per heavy atom. The summed E-state index contributed by atoms with van der Waals surface area (Å²) in [4.78, 5) is 14.2. The number of hydrogen-bond acceptors (Lipinski definition) is 2. The van der Waals surface area contributed by atoms with Gasteiger partial charge in [0, 0.05) is 6.20 Å². The Labute approximate surface area is 81.3 Å². The molecule has 2 aromatic rings. The molecule has 0 aliphatic carbocycles. The molecular weight excluding hydrogens is 178 g/mol. The molecule has 0 amide bonds. The molecular formula is C11H11NO2. The molecule has 3 heteroatoms. The van der Waals surface area contributed by atoms with E-state index in [0.717, 1.165) is 10.9 Å². The second-order valence-electron chi connectivity index (χ2n) is 3.21. The highest BCUT2D eigenvalue weighted by Gasteiger charge is 2.02. The number of aromatic amines is 1. The molecule has 72 valence electrons. The third-order valence-corrected chi connectivity index (χ3v) is 2.32. The van der Waals surface area contributed by atoms with Gasteiger partial charge >= 0.3 is 0 Å². The van der Waals surface area contributed by atoms with Crippen molar-refractivity contribution >= 4 is 10.8 Å². The molecule has 0 fully saturated rings. The molecule has 0 saturated carbocycles. The highest BCUT2D eigenvalue weighted by atomic mass is 16.5. The van der Waals surface area contributed by atoms with Crippen LogP contribution >= 0.6 is 0 Å². The lowest BCUT2D eigenvalue weighted by Gasteiger charge is -2.03. The molecule has 0 aliphatic heterocycles. The van der Waals surface area contributed by atoms with E-state index in [1.807, 2.05) is 19.1 Å². The second-order valence-corrected chi connectivity index (χ2v) is 3.21. The zero-order valence-corrected chi connectivity index (χ0v) is 8.13. The molecule has 0 spiro atoms. The average molecular weight is 189 g/mol. The third-order valence-electron chi connectivity index (χ3n) is 2.32. The number of aryl methyl sites for hydroxylation is 1. The molecule has 2 rings (SSSR count). The lowest BCUT2D eigenvalue weighted by atomic mass is 10.1. The van der Waals surface area contributed by atoms with E-state index in [9.17, 15) is 4.79 Å². The summed E-state index contributed by atoms with van der Waals surface area (Å²) in [6, 6.07) is 5.51. The van der Waals surface area contributed by atoms with E-state index in [1.54, 1.807) is 19.4 Å². The van der Waals surface area contributed by atoms with Crippen molar-refractivity contribution in [3.8, 4) is 5.75 Å². The standard InChI is InChI=1S/C11H11NO2/c1-7-6-12-11(13)10-5-8(14-2)3-4-9(7)10/h3-6H,1-2H3,(H,12,13). The first-order valence-electron chi connectivity index (χ1n) is 4.38. The van der Waals surface area contributed by atoms with Crippen molar-refractivity contribution in [1.29, 1.82) is 0 Å². The molecule has 0 atom stereocenters. The Morgan fingerprint density at radius 2 is 2.07 bits per heavy atom. The summed E-state index contributed by atoms with van der Waals surface area (Å²) < 4.78 is 5.06. The lowest BCUT2D eigenvalue weighted by molar-refractivity contribution is 0.415. The van der Waals surface area contributed by atoms with Crippen LogP contribution in [0.4, 0.5) is 0 Å². The number of rotatable bonds is 1. The minimum absolute atomic E-state index is 0.0792. The van der Waals surface area contributed by atoms with Gasteiger partial charge in [-0.3, -0.25) is 4.79 Å². The van der Waals surface area contributed by atoms with Gasteiger partial charge in [0.15, 0.2) is 0 Å². The number of nitrogens with one attached hydrogen (secondary N) is 1. The number of fused-ring (bicyclic) bond motifs is 1. The molecule has 0 radical (unpaired) electrons. The van der Waals surface area contributed by atoms with Crippen LogP contribution in [0.3, 0.4) is 0 Å². The fourth-order valence-corrected chi connectivity index (χ4v) is 1.51. The number of H-pyrrole nitrogens is 1. The maximum Gasteiger partial charge on any atom is 0.255 e. The summed E-state index contributed by atoms with van der Waals surface area (Å²) in [5.41, 5.74) is 0.978. The Kier molecular flexibility index (Phi) is 2.00. The molecule has 0 saturated heterocycles. The van der Waals surface area contributed by atoms with Gasteiger partial charge in [0.2, 0.25) is 0 Å². The average Bonchev–Trinajstić information content (AvgIpc) is 2.23. The normalized spacial score (nSPS) is 10.4. The fourth-order valence-electron chi connectivity index (χ4n) is 1.51. The van der Waals surface area contributed by atoms with Gasteiger partial charge in [0.1, 0.15) is 5.75 Å². The van der Waals surface area contributed by atoms with Crippen LogP contribution in [0.15, 0.2) is 29.2 Å². The van der Waals surface area contributed by atoms with E-state index in [-0.39, 0.29) is 5.56 Å². The van der Waals surface area contributed by atoms with Crippen LogP contribution in [0.25, 0.3) is 10.8 Å². The molecule has 0 bridgehead atoms. The Balaban J connectivity index is 2.87. The molecule has 1 N–H and O–H groups in total. The minimum Gasteiger partial charge on any atom is -0.497 e. The maximum absolute atomic E-state index is 11.5. The van der Waals surface area contributed by atoms with E-state index < -0.39 is 0 Å². The van der Waals surface area contributed by atoms with Crippen molar-refractivity contribution in [2.24, 2.45) is 0 Å². The largest absolute Gasteiger partial charge is 0.497 e. The van der Waals surface area contributed by atoms with Gasteiger partial charge in [0.25, 0.3) is 5.56 Å². The van der Waals surface area contributed by atoms with Crippen LogP contribution in [0.2, 0.25) is 0 Å². The van der Waals surface area contributed by atoms with Gasteiger partial charge in [-0.15, -0.1) is 0 Å². The topological polar surface area (TPSA) is 42.1 Å². The van der Waals surface area contributed by atoms with Gasteiger partial charge in [-0.05, 0) is 30.0 Å². The Morgan fingerprint density at radius 1 is 1.29 bits per heavy atom. The SMILES string of the molecule is COc1ccc2c(C)c[nH]c(=O)c2c1. The fraction of sp³-hybridized carbons (Fsp3) is 0.182.